The smallest absolute Gasteiger partial charge is 0.248 e. The molecule has 0 saturated carbocycles. The standard InChI is InChI=1S/C13H17N5O2/c1-2-3-8-18-12(15-16-17-18)9-20-11-6-4-10(5-7-11)13(14)19/h4-7H,2-3,8-9H2,1H3,(H2,14,19). The molecule has 2 rings (SSSR count). The van der Waals surface area contributed by atoms with Crippen molar-refractivity contribution in [2.45, 2.75) is 32.9 Å². The lowest BCUT2D eigenvalue weighted by Gasteiger charge is -2.07. The van der Waals surface area contributed by atoms with Crippen molar-refractivity contribution >= 4 is 5.91 Å². The van der Waals surface area contributed by atoms with Gasteiger partial charge in [-0.25, -0.2) is 4.68 Å². The molecule has 0 atom stereocenters. The SMILES string of the molecule is CCCCn1nnnc1COc1ccc(C(N)=O)cc1. The molecule has 7 heteroatoms. The maximum Gasteiger partial charge on any atom is 0.248 e. The second kappa shape index (κ2) is 6.65. The highest BCUT2D eigenvalue weighted by Crippen LogP contribution is 2.13. The van der Waals surface area contributed by atoms with Crippen molar-refractivity contribution < 1.29 is 9.53 Å². The van der Waals surface area contributed by atoms with Crippen LogP contribution in [-0.4, -0.2) is 26.1 Å². The van der Waals surface area contributed by atoms with Gasteiger partial charge in [0.1, 0.15) is 12.4 Å². The van der Waals surface area contributed by atoms with E-state index in [0.717, 1.165) is 19.4 Å². The monoisotopic (exact) mass is 275 g/mol. The fourth-order valence-corrected chi connectivity index (χ4v) is 1.67. The van der Waals surface area contributed by atoms with Crippen LogP contribution in [0.5, 0.6) is 5.75 Å². The van der Waals surface area contributed by atoms with E-state index in [-0.39, 0.29) is 6.61 Å². The molecule has 0 radical (unpaired) electrons. The zero-order valence-corrected chi connectivity index (χ0v) is 11.3. The van der Waals surface area contributed by atoms with Crippen molar-refractivity contribution in [2.75, 3.05) is 0 Å². The number of rotatable bonds is 7. The van der Waals surface area contributed by atoms with Crippen LogP contribution in [0.25, 0.3) is 0 Å². The van der Waals surface area contributed by atoms with E-state index in [0.29, 0.717) is 17.1 Å². The summed E-state index contributed by atoms with van der Waals surface area (Å²) in [6, 6.07) is 6.63. The van der Waals surface area contributed by atoms with Gasteiger partial charge >= 0.3 is 0 Å². The quantitative estimate of drug-likeness (QED) is 0.817. The number of aromatic nitrogens is 4. The van der Waals surface area contributed by atoms with Gasteiger partial charge in [-0.1, -0.05) is 13.3 Å². The van der Waals surface area contributed by atoms with Crippen LogP contribution in [0.4, 0.5) is 0 Å². The number of hydrogen-bond acceptors (Lipinski definition) is 5. The van der Waals surface area contributed by atoms with Crippen LogP contribution >= 0.6 is 0 Å². The Labute approximate surface area is 116 Å². The van der Waals surface area contributed by atoms with E-state index in [1.54, 1.807) is 28.9 Å². The largest absolute Gasteiger partial charge is 0.486 e. The minimum Gasteiger partial charge on any atom is -0.486 e. The van der Waals surface area contributed by atoms with Crippen molar-refractivity contribution in [3.05, 3.63) is 35.7 Å². The molecule has 1 heterocycles. The maximum absolute atomic E-state index is 11.0. The summed E-state index contributed by atoms with van der Waals surface area (Å²) in [5, 5.41) is 11.5. The molecule has 0 aliphatic rings. The second-order valence-electron chi connectivity index (χ2n) is 4.35. The average Bonchev–Trinajstić information content (AvgIpc) is 2.90. The van der Waals surface area contributed by atoms with Gasteiger partial charge in [0.05, 0.1) is 0 Å². The third kappa shape index (κ3) is 3.53. The Bertz CT molecular complexity index is 564. The van der Waals surface area contributed by atoms with E-state index in [1.807, 2.05) is 0 Å². The summed E-state index contributed by atoms with van der Waals surface area (Å²) in [7, 11) is 0. The maximum atomic E-state index is 11.0. The van der Waals surface area contributed by atoms with E-state index in [9.17, 15) is 4.79 Å². The first-order valence-corrected chi connectivity index (χ1v) is 6.48. The lowest BCUT2D eigenvalue weighted by atomic mass is 10.2. The van der Waals surface area contributed by atoms with Gasteiger partial charge < -0.3 is 10.5 Å². The Hall–Kier alpha value is -2.44. The molecule has 0 unspecified atom stereocenters. The predicted molar refractivity (Wildman–Crippen MR) is 72.0 cm³/mol. The highest BCUT2D eigenvalue weighted by atomic mass is 16.5. The van der Waals surface area contributed by atoms with Crippen LogP contribution in [0.2, 0.25) is 0 Å². The number of nitrogens with two attached hydrogens (primary N) is 1. The Morgan fingerprint density at radius 3 is 2.75 bits per heavy atom. The Balaban J connectivity index is 1.94. The number of nitrogens with zero attached hydrogens (tertiary/aromatic N) is 4. The number of tetrazole rings is 1. The summed E-state index contributed by atoms with van der Waals surface area (Å²) in [6.07, 6.45) is 2.10. The van der Waals surface area contributed by atoms with Gasteiger partial charge in [0, 0.05) is 12.1 Å². The zero-order chi connectivity index (χ0) is 14.4. The third-order valence-corrected chi connectivity index (χ3v) is 2.84. The van der Waals surface area contributed by atoms with Crippen LogP contribution in [0.3, 0.4) is 0 Å². The van der Waals surface area contributed by atoms with Gasteiger partial charge in [0.15, 0.2) is 5.82 Å². The van der Waals surface area contributed by atoms with Crippen LogP contribution in [0.15, 0.2) is 24.3 Å². The lowest BCUT2D eigenvalue weighted by molar-refractivity contribution is 0.1000. The molecule has 20 heavy (non-hydrogen) atoms. The van der Waals surface area contributed by atoms with Crippen LogP contribution in [-0.2, 0) is 13.2 Å². The molecule has 0 aliphatic carbocycles. The van der Waals surface area contributed by atoms with Crippen molar-refractivity contribution in [3.8, 4) is 5.75 Å². The highest BCUT2D eigenvalue weighted by Gasteiger charge is 2.07. The normalized spacial score (nSPS) is 10.4. The van der Waals surface area contributed by atoms with Crippen molar-refractivity contribution in [1.29, 1.82) is 0 Å². The molecule has 0 fully saturated rings. The summed E-state index contributed by atoms with van der Waals surface area (Å²) in [5.74, 6) is 0.859. The minimum absolute atomic E-state index is 0.284. The number of aryl methyl sites for hydroxylation is 1. The molecule has 7 nitrogen and oxygen atoms in total. The molecule has 2 N–H and O–H groups in total. The first-order valence-electron chi connectivity index (χ1n) is 6.48. The first-order chi connectivity index (χ1) is 9.70. The molecule has 1 aromatic carbocycles. The molecule has 2 aromatic rings. The molecule has 106 valence electrons. The van der Waals surface area contributed by atoms with Gasteiger partial charge in [0.25, 0.3) is 0 Å². The summed E-state index contributed by atoms with van der Waals surface area (Å²) in [4.78, 5) is 11.0. The number of carbonyl (C=O) groups excluding carboxylic acids is 1. The van der Waals surface area contributed by atoms with Gasteiger partial charge in [-0.3, -0.25) is 4.79 Å². The second-order valence-corrected chi connectivity index (χ2v) is 4.35. The Morgan fingerprint density at radius 2 is 2.10 bits per heavy atom. The summed E-state index contributed by atoms with van der Waals surface area (Å²) in [5.41, 5.74) is 5.62. The zero-order valence-electron chi connectivity index (χ0n) is 11.3. The highest BCUT2D eigenvalue weighted by molar-refractivity contribution is 5.92. The molecule has 0 spiro atoms. The lowest BCUT2D eigenvalue weighted by Crippen LogP contribution is -2.11. The summed E-state index contributed by atoms with van der Waals surface area (Å²) in [6.45, 7) is 3.18. The van der Waals surface area contributed by atoms with E-state index >= 15 is 0 Å². The molecular weight excluding hydrogens is 258 g/mol. The number of amides is 1. The first kappa shape index (κ1) is 14.0. The van der Waals surface area contributed by atoms with E-state index in [2.05, 4.69) is 22.4 Å². The summed E-state index contributed by atoms with van der Waals surface area (Å²) < 4.78 is 7.33. The number of ether oxygens (including phenoxy) is 1. The molecule has 0 bridgehead atoms. The van der Waals surface area contributed by atoms with E-state index in [4.69, 9.17) is 10.5 Å². The fraction of sp³-hybridized carbons (Fsp3) is 0.385. The van der Waals surface area contributed by atoms with E-state index in [1.165, 1.54) is 0 Å². The van der Waals surface area contributed by atoms with E-state index < -0.39 is 5.91 Å². The van der Waals surface area contributed by atoms with Gasteiger partial charge in [-0.15, -0.1) is 5.10 Å². The molecule has 0 aliphatic heterocycles. The van der Waals surface area contributed by atoms with Crippen molar-refractivity contribution in [3.63, 3.8) is 0 Å². The van der Waals surface area contributed by atoms with Gasteiger partial charge in [0.2, 0.25) is 5.91 Å². The molecule has 1 aromatic heterocycles. The number of hydrogen-bond donors (Lipinski definition) is 1. The average molecular weight is 275 g/mol. The minimum atomic E-state index is -0.458. The summed E-state index contributed by atoms with van der Waals surface area (Å²) >= 11 is 0. The number of primary amides is 1. The van der Waals surface area contributed by atoms with Crippen molar-refractivity contribution in [2.24, 2.45) is 5.73 Å². The van der Waals surface area contributed by atoms with Crippen LogP contribution in [0, 0.1) is 0 Å². The number of benzene rings is 1. The Kier molecular flexibility index (Phi) is 4.65. The number of unbranched alkanes of at least 4 members (excludes halogenated alkanes) is 1. The molecular formula is C13H17N5O2. The van der Waals surface area contributed by atoms with Crippen LogP contribution < -0.4 is 10.5 Å². The van der Waals surface area contributed by atoms with Crippen molar-refractivity contribution in [1.82, 2.24) is 20.2 Å². The fourth-order valence-electron chi connectivity index (χ4n) is 1.67. The third-order valence-electron chi connectivity index (χ3n) is 2.84. The number of carbonyl (C=O) groups is 1. The van der Waals surface area contributed by atoms with Crippen LogP contribution in [0.1, 0.15) is 35.9 Å². The topological polar surface area (TPSA) is 95.9 Å². The molecule has 0 saturated heterocycles. The van der Waals surface area contributed by atoms with Gasteiger partial charge in [-0.2, -0.15) is 0 Å². The van der Waals surface area contributed by atoms with Gasteiger partial charge in [-0.05, 0) is 41.1 Å². The predicted octanol–water partition coefficient (Wildman–Crippen LogP) is 1.15. The Morgan fingerprint density at radius 1 is 1.35 bits per heavy atom. The molecule has 1 amide bonds.